The van der Waals surface area contributed by atoms with Crippen LogP contribution in [-0.4, -0.2) is 35.3 Å². The summed E-state index contributed by atoms with van der Waals surface area (Å²) in [5.74, 6) is -2.65. The molecule has 0 aromatic heterocycles. The van der Waals surface area contributed by atoms with Crippen molar-refractivity contribution in [2.24, 2.45) is 0 Å². The van der Waals surface area contributed by atoms with Crippen molar-refractivity contribution >= 4 is 5.97 Å². The Morgan fingerprint density at radius 3 is 2.50 bits per heavy atom. The molecule has 1 aromatic carbocycles. The van der Waals surface area contributed by atoms with Gasteiger partial charge in [-0.15, -0.1) is 13.2 Å². The summed E-state index contributed by atoms with van der Waals surface area (Å²) in [5.41, 5.74) is -0.626. The Bertz CT molecular complexity index is 518. The van der Waals surface area contributed by atoms with Crippen LogP contribution < -0.4 is 4.74 Å². The van der Waals surface area contributed by atoms with Gasteiger partial charge in [0.05, 0.1) is 19.1 Å². The van der Waals surface area contributed by atoms with Crippen LogP contribution in [-0.2, 0) is 9.53 Å². The van der Waals surface area contributed by atoms with E-state index in [1.165, 1.54) is 6.92 Å². The van der Waals surface area contributed by atoms with Crippen molar-refractivity contribution in [3.63, 3.8) is 0 Å². The highest BCUT2D eigenvalue weighted by atomic mass is 19.4. The summed E-state index contributed by atoms with van der Waals surface area (Å²) in [5, 5.41) is 19.4. The average molecular weight is 326 g/mol. The second kappa shape index (κ2) is 7.41. The molecule has 0 fully saturated rings. The quantitative estimate of drug-likeness (QED) is 0.618. The van der Waals surface area contributed by atoms with Crippen molar-refractivity contribution in [2.45, 2.75) is 31.9 Å². The van der Waals surface area contributed by atoms with E-state index in [4.69, 9.17) is 0 Å². The number of benzene rings is 1. The number of aliphatic hydroxyl groups is 2. The van der Waals surface area contributed by atoms with Gasteiger partial charge in [0.2, 0.25) is 0 Å². The van der Waals surface area contributed by atoms with Crippen LogP contribution >= 0.6 is 0 Å². The van der Waals surface area contributed by atoms with E-state index in [0.717, 1.165) is 6.07 Å². The number of carbonyl (C=O) groups excluding carboxylic acids is 1. The Labute approximate surface area is 123 Å². The molecule has 0 bridgehead atoms. The molecule has 0 aliphatic rings. The smallest absolute Gasteiger partial charge is 0.466 e. The van der Waals surface area contributed by atoms with Crippen LogP contribution in [0.2, 0.25) is 0 Å². The summed E-state index contributed by atoms with van der Waals surface area (Å²) >= 11 is 0. The summed E-state index contributed by atoms with van der Waals surface area (Å²) in [6.45, 7) is 1.57. The molecular formula is C13H14F4O5. The van der Waals surface area contributed by atoms with Crippen LogP contribution in [0, 0.1) is 5.82 Å². The number of hydrogen-bond acceptors (Lipinski definition) is 5. The second-order valence-corrected chi connectivity index (χ2v) is 4.25. The lowest BCUT2D eigenvalue weighted by molar-refractivity contribution is -0.274. The van der Waals surface area contributed by atoms with Crippen LogP contribution in [0.15, 0.2) is 18.2 Å². The fourth-order valence-electron chi connectivity index (χ4n) is 1.66. The Morgan fingerprint density at radius 2 is 1.95 bits per heavy atom. The summed E-state index contributed by atoms with van der Waals surface area (Å²) in [7, 11) is 0. The first kappa shape index (κ1) is 18.2. The van der Waals surface area contributed by atoms with Gasteiger partial charge in [0.25, 0.3) is 0 Å². The van der Waals surface area contributed by atoms with Crippen LogP contribution in [0.3, 0.4) is 0 Å². The average Bonchev–Trinajstić information content (AvgIpc) is 2.38. The van der Waals surface area contributed by atoms with Crippen LogP contribution in [0.1, 0.15) is 25.0 Å². The number of halogens is 4. The van der Waals surface area contributed by atoms with Crippen LogP contribution in [0.4, 0.5) is 17.6 Å². The zero-order chi connectivity index (χ0) is 16.9. The molecule has 0 heterocycles. The first-order chi connectivity index (χ1) is 10.1. The van der Waals surface area contributed by atoms with Crippen molar-refractivity contribution in [1.29, 1.82) is 0 Å². The molecule has 0 saturated heterocycles. The zero-order valence-electron chi connectivity index (χ0n) is 11.4. The topological polar surface area (TPSA) is 76.0 Å². The lowest BCUT2D eigenvalue weighted by atomic mass is 10.0. The van der Waals surface area contributed by atoms with Gasteiger partial charge in [-0.25, -0.2) is 4.39 Å². The molecule has 0 amide bonds. The van der Waals surface area contributed by atoms with Crippen LogP contribution in [0.25, 0.3) is 0 Å². The molecule has 0 radical (unpaired) electrons. The maximum atomic E-state index is 13.6. The lowest BCUT2D eigenvalue weighted by Gasteiger charge is -2.19. The normalized spacial score (nSPS) is 14.3. The Balaban J connectivity index is 2.89. The summed E-state index contributed by atoms with van der Waals surface area (Å²) in [4.78, 5) is 11.2. The summed E-state index contributed by atoms with van der Waals surface area (Å²) in [6.07, 6.45) is -9.28. The van der Waals surface area contributed by atoms with Gasteiger partial charge in [0, 0.05) is 5.56 Å². The molecule has 1 aromatic rings. The van der Waals surface area contributed by atoms with E-state index in [0.29, 0.717) is 12.1 Å². The fourth-order valence-corrected chi connectivity index (χ4v) is 1.66. The number of aliphatic hydroxyl groups excluding tert-OH is 2. The number of carbonyl (C=O) groups is 1. The molecule has 9 heteroatoms. The maximum absolute atomic E-state index is 13.6. The van der Waals surface area contributed by atoms with Crippen LogP contribution in [0.5, 0.6) is 5.75 Å². The molecular weight excluding hydrogens is 312 g/mol. The molecule has 0 aliphatic carbocycles. The monoisotopic (exact) mass is 326 g/mol. The SMILES string of the molecule is CCOC(=O)CC(O)C(O)c1cc(OC(F)(F)F)ccc1F. The van der Waals surface area contributed by atoms with Gasteiger partial charge in [-0.05, 0) is 25.1 Å². The molecule has 22 heavy (non-hydrogen) atoms. The lowest BCUT2D eigenvalue weighted by Crippen LogP contribution is -2.24. The van der Waals surface area contributed by atoms with Crippen molar-refractivity contribution in [3.05, 3.63) is 29.6 Å². The molecule has 1 rings (SSSR count). The predicted octanol–water partition coefficient (Wildman–Crippen LogP) is 2.07. The van der Waals surface area contributed by atoms with Gasteiger partial charge in [-0.3, -0.25) is 4.79 Å². The zero-order valence-corrected chi connectivity index (χ0v) is 11.4. The van der Waals surface area contributed by atoms with Crippen molar-refractivity contribution in [2.75, 3.05) is 6.61 Å². The highest BCUT2D eigenvalue weighted by Crippen LogP contribution is 2.29. The first-order valence-electron chi connectivity index (χ1n) is 6.21. The molecule has 0 saturated carbocycles. The molecule has 0 spiro atoms. The largest absolute Gasteiger partial charge is 0.573 e. The van der Waals surface area contributed by atoms with E-state index in [9.17, 15) is 32.6 Å². The molecule has 2 atom stereocenters. The van der Waals surface area contributed by atoms with E-state index in [1.54, 1.807) is 0 Å². The van der Waals surface area contributed by atoms with E-state index < -0.39 is 48.1 Å². The van der Waals surface area contributed by atoms with Crippen molar-refractivity contribution in [1.82, 2.24) is 0 Å². The Kier molecular flexibility index (Phi) is 6.12. The number of alkyl halides is 3. The summed E-state index contributed by atoms with van der Waals surface area (Å²) in [6, 6.07) is 1.97. The number of rotatable bonds is 6. The summed E-state index contributed by atoms with van der Waals surface area (Å²) < 4.78 is 58.0. The van der Waals surface area contributed by atoms with E-state index in [2.05, 4.69) is 9.47 Å². The van der Waals surface area contributed by atoms with E-state index in [1.807, 2.05) is 0 Å². The van der Waals surface area contributed by atoms with Gasteiger partial charge in [-0.1, -0.05) is 0 Å². The van der Waals surface area contributed by atoms with Gasteiger partial charge in [-0.2, -0.15) is 0 Å². The number of ether oxygens (including phenoxy) is 2. The van der Waals surface area contributed by atoms with Gasteiger partial charge < -0.3 is 19.7 Å². The van der Waals surface area contributed by atoms with E-state index in [-0.39, 0.29) is 6.61 Å². The standard InChI is InChI=1S/C13H14F4O5/c1-2-21-11(19)6-10(18)12(20)8-5-7(3-4-9(8)14)22-13(15,16)17/h3-5,10,12,18,20H,2,6H2,1H3. The third kappa shape index (κ3) is 5.49. The Morgan fingerprint density at radius 1 is 1.32 bits per heavy atom. The molecule has 124 valence electrons. The highest BCUT2D eigenvalue weighted by molar-refractivity contribution is 5.70. The molecule has 2 unspecified atom stereocenters. The third-order valence-corrected chi connectivity index (χ3v) is 2.57. The molecule has 2 N–H and O–H groups in total. The maximum Gasteiger partial charge on any atom is 0.573 e. The molecule has 0 aliphatic heterocycles. The van der Waals surface area contributed by atoms with Gasteiger partial charge >= 0.3 is 12.3 Å². The minimum atomic E-state index is -4.98. The highest BCUT2D eigenvalue weighted by Gasteiger charge is 2.32. The number of esters is 1. The predicted molar refractivity (Wildman–Crippen MR) is 65.3 cm³/mol. The Hall–Kier alpha value is -1.87. The fraction of sp³-hybridized carbons (Fsp3) is 0.462. The van der Waals surface area contributed by atoms with Crippen molar-refractivity contribution < 1.29 is 42.0 Å². The molecule has 5 nitrogen and oxygen atoms in total. The van der Waals surface area contributed by atoms with Gasteiger partial charge in [0.1, 0.15) is 17.7 Å². The first-order valence-corrected chi connectivity index (χ1v) is 6.21. The van der Waals surface area contributed by atoms with Crippen molar-refractivity contribution in [3.8, 4) is 5.75 Å². The number of hydrogen-bond donors (Lipinski definition) is 2. The minimum Gasteiger partial charge on any atom is -0.466 e. The third-order valence-electron chi connectivity index (χ3n) is 2.57. The van der Waals surface area contributed by atoms with E-state index >= 15 is 0 Å². The second-order valence-electron chi connectivity index (χ2n) is 4.25. The minimum absolute atomic E-state index is 0.0465. The van der Waals surface area contributed by atoms with Gasteiger partial charge in [0.15, 0.2) is 0 Å².